The summed E-state index contributed by atoms with van der Waals surface area (Å²) in [4.78, 5) is 0.331. The van der Waals surface area contributed by atoms with Gasteiger partial charge in [-0.15, -0.1) is 6.58 Å². The molecular weight excluding hydrogens is 383 g/mol. The summed E-state index contributed by atoms with van der Waals surface area (Å²) in [7, 11) is -2.08. The Kier molecular flexibility index (Phi) is 13.6. The van der Waals surface area contributed by atoms with Crippen LogP contribution in [0.5, 0.6) is 0 Å². The maximum absolute atomic E-state index is 10.2. The quantitative estimate of drug-likeness (QED) is 0.273. The van der Waals surface area contributed by atoms with Crippen molar-refractivity contribution < 1.29 is 34.6 Å². The van der Waals surface area contributed by atoms with Crippen molar-refractivity contribution in [2.24, 2.45) is 5.92 Å². The minimum atomic E-state index is -2.08. The monoisotopic (exact) mass is 408 g/mol. The van der Waals surface area contributed by atoms with Crippen LogP contribution in [0.15, 0.2) is 53.5 Å². The van der Waals surface area contributed by atoms with Crippen molar-refractivity contribution in [1.29, 1.82) is 0 Å². The van der Waals surface area contributed by atoms with Crippen LogP contribution in [-0.2, 0) is 45.3 Å². The SMILES string of the molecule is C=CC1CCCCC1=[C-]CCCC.O=[S-](=O)c1ccccc1.[Zr+2]. The Bertz CT molecular complexity index is 528. The summed E-state index contributed by atoms with van der Waals surface area (Å²) < 4.78 is 20.4. The fourth-order valence-electron chi connectivity index (χ4n) is 2.48. The van der Waals surface area contributed by atoms with Crippen LogP contribution in [0.1, 0.15) is 51.9 Å². The van der Waals surface area contributed by atoms with Gasteiger partial charge >= 0.3 is 26.2 Å². The zero-order valence-electron chi connectivity index (χ0n) is 13.9. The van der Waals surface area contributed by atoms with Crippen molar-refractivity contribution in [3.63, 3.8) is 0 Å². The molecular formula is C19H26O2SZr. The van der Waals surface area contributed by atoms with E-state index in [1.807, 2.05) is 0 Å². The largest absolute Gasteiger partial charge is 2.00 e. The molecule has 1 unspecified atom stereocenters. The van der Waals surface area contributed by atoms with Crippen LogP contribution in [0, 0.1) is 12.0 Å². The van der Waals surface area contributed by atoms with Crippen molar-refractivity contribution in [2.45, 2.75) is 56.8 Å². The van der Waals surface area contributed by atoms with E-state index in [0.717, 1.165) is 6.42 Å². The third kappa shape index (κ3) is 9.42. The number of allylic oxidation sites excluding steroid dienone is 3. The molecule has 0 spiro atoms. The van der Waals surface area contributed by atoms with E-state index >= 15 is 0 Å². The van der Waals surface area contributed by atoms with Gasteiger partial charge in [-0.1, -0.05) is 80.3 Å². The predicted molar refractivity (Wildman–Crippen MR) is 91.9 cm³/mol. The van der Waals surface area contributed by atoms with Crippen LogP contribution in [0.25, 0.3) is 0 Å². The molecule has 124 valence electrons. The standard InChI is InChI=1S/C13H21.C6H5O2S.Zr/c1-3-5-6-10-13-11-8-7-9-12(13)4-2;7-9(8)6-4-2-1-3-5-6;/h4,12H,2-3,5-9,11H2,1H3;1-5H;/q2*-1;+2. The summed E-state index contributed by atoms with van der Waals surface area (Å²) in [5.41, 5.74) is 1.54. The van der Waals surface area contributed by atoms with E-state index in [4.69, 9.17) is 0 Å². The van der Waals surface area contributed by atoms with E-state index in [2.05, 4.69) is 25.7 Å². The first-order chi connectivity index (χ1) is 10.7. The molecule has 4 heteroatoms. The number of benzene rings is 1. The Labute approximate surface area is 162 Å². The second-order valence-electron chi connectivity index (χ2n) is 5.44. The summed E-state index contributed by atoms with van der Waals surface area (Å²) in [6.07, 6.45) is 14.7. The van der Waals surface area contributed by atoms with Gasteiger partial charge in [0.15, 0.2) is 0 Å². The average Bonchev–Trinajstić information content (AvgIpc) is 2.57. The van der Waals surface area contributed by atoms with Crippen molar-refractivity contribution in [3.8, 4) is 0 Å². The first kappa shape index (κ1) is 22.5. The molecule has 1 aliphatic carbocycles. The molecule has 0 radical (unpaired) electrons. The second kappa shape index (κ2) is 13.9. The Morgan fingerprint density at radius 2 is 1.96 bits per heavy atom. The maximum atomic E-state index is 10.2. The summed E-state index contributed by atoms with van der Waals surface area (Å²) in [6.45, 7) is 6.14. The molecule has 1 aromatic carbocycles. The number of rotatable bonds is 5. The molecule has 0 aliphatic heterocycles. The van der Waals surface area contributed by atoms with Gasteiger partial charge in [-0.3, -0.25) is 0 Å². The van der Waals surface area contributed by atoms with Gasteiger partial charge in [0.25, 0.3) is 0 Å². The Morgan fingerprint density at radius 3 is 2.48 bits per heavy atom. The zero-order valence-corrected chi connectivity index (χ0v) is 17.2. The maximum Gasteiger partial charge on any atom is 2.00 e. The molecule has 0 saturated heterocycles. The minimum absolute atomic E-state index is 0. The van der Waals surface area contributed by atoms with E-state index < -0.39 is 10.7 Å². The smallest absolute Gasteiger partial charge is 0.497 e. The third-order valence-corrected chi connectivity index (χ3v) is 4.42. The molecule has 1 atom stereocenters. The molecule has 23 heavy (non-hydrogen) atoms. The fourth-order valence-corrected chi connectivity index (χ4v) is 2.86. The van der Waals surface area contributed by atoms with Gasteiger partial charge in [-0.25, -0.2) is 5.57 Å². The molecule has 1 aliphatic rings. The Morgan fingerprint density at radius 1 is 1.26 bits per heavy atom. The first-order valence-corrected chi connectivity index (χ1v) is 9.13. The molecule has 2 rings (SSSR count). The molecule has 0 N–H and O–H groups in total. The molecule has 2 nitrogen and oxygen atoms in total. The summed E-state index contributed by atoms with van der Waals surface area (Å²) in [5.74, 6) is 0.644. The van der Waals surface area contributed by atoms with E-state index in [1.54, 1.807) is 30.3 Å². The molecule has 1 saturated carbocycles. The van der Waals surface area contributed by atoms with Crippen molar-refractivity contribution in [3.05, 3.63) is 54.6 Å². The van der Waals surface area contributed by atoms with Gasteiger partial charge in [0.05, 0.1) is 0 Å². The third-order valence-electron chi connectivity index (χ3n) is 3.76. The molecule has 0 bridgehead atoms. The van der Waals surface area contributed by atoms with Crippen molar-refractivity contribution in [1.82, 2.24) is 0 Å². The molecule has 0 amide bonds. The summed E-state index contributed by atoms with van der Waals surface area (Å²) >= 11 is 0. The van der Waals surface area contributed by atoms with Gasteiger partial charge in [-0.05, 0) is 23.0 Å². The van der Waals surface area contributed by atoms with E-state index in [0.29, 0.717) is 10.8 Å². The number of hydrogen-bond donors (Lipinski definition) is 0. The topological polar surface area (TPSA) is 34.1 Å². The van der Waals surface area contributed by atoms with Crippen LogP contribution >= 0.6 is 0 Å². The Hall–Kier alpha value is -0.467. The van der Waals surface area contributed by atoms with E-state index in [9.17, 15) is 8.42 Å². The minimum Gasteiger partial charge on any atom is -0.497 e. The van der Waals surface area contributed by atoms with Gasteiger partial charge in [0.2, 0.25) is 0 Å². The molecule has 1 fully saturated rings. The van der Waals surface area contributed by atoms with Crippen LogP contribution in [-0.4, -0.2) is 0 Å². The van der Waals surface area contributed by atoms with Crippen LogP contribution in [0.4, 0.5) is 0 Å². The molecule has 1 aromatic rings. The predicted octanol–water partition coefficient (Wildman–Crippen LogP) is 5.63. The van der Waals surface area contributed by atoms with Crippen LogP contribution in [0.2, 0.25) is 0 Å². The van der Waals surface area contributed by atoms with Crippen LogP contribution in [0.3, 0.4) is 0 Å². The van der Waals surface area contributed by atoms with Gasteiger partial charge in [-0.2, -0.15) is 6.42 Å². The van der Waals surface area contributed by atoms with Crippen molar-refractivity contribution >= 4 is 10.7 Å². The number of unbranched alkanes of at least 4 members (excludes halogenated alkanes) is 2. The first-order valence-electron chi connectivity index (χ1n) is 8.05. The average molecular weight is 410 g/mol. The normalized spacial score (nSPS) is 18.7. The van der Waals surface area contributed by atoms with E-state index in [1.165, 1.54) is 44.1 Å². The van der Waals surface area contributed by atoms with Crippen molar-refractivity contribution in [2.75, 3.05) is 0 Å². The van der Waals surface area contributed by atoms with Gasteiger partial charge < -0.3 is 14.5 Å². The second-order valence-corrected chi connectivity index (χ2v) is 6.38. The molecule has 0 heterocycles. The Balaban J connectivity index is 0.000000427. The zero-order chi connectivity index (χ0) is 16.2. The van der Waals surface area contributed by atoms with Gasteiger partial charge in [0.1, 0.15) is 0 Å². The van der Waals surface area contributed by atoms with Crippen LogP contribution < -0.4 is 0 Å². The molecule has 0 aromatic heterocycles. The fraction of sp³-hybridized carbons (Fsp3) is 0.474. The van der Waals surface area contributed by atoms with E-state index in [-0.39, 0.29) is 26.2 Å². The number of hydrogen-bond acceptors (Lipinski definition) is 3. The summed E-state index contributed by atoms with van der Waals surface area (Å²) in [5, 5.41) is 0. The summed E-state index contributed by atoms with van der Waals surface area (Å²) in [6, 6.07) is 8.23. The van der Waals surface area contributed by atoms with Gasteiger partial charge in [0, 0.05) is 0 Å².